The molecule has 0 aliphatic heterocycles. The first kappa shape index (κ1) is 14.6. The van der Waals surface area contributed by atoms with Crippen molar-refractivity contribution in [2.75, 3.05) is 0 Å². The summed E-state index contributed by atoms with van der Waals surface area (Å²) in [5.74, 6) is 0.918. The van der Waals surface area contributed by atoms with Crippen molar-refractivity contribution in [3.8, 4) is 22.8 Å². The van der Waals surface area contributed by atoms with Crippen LogP contribution in [0.3, 0.4) is 0 Å². The van der Waals surface area contributed by atoms with Gasteiger partial charge in [0.1, 0.15) is 7.05 Å². The molecule has 0 saturated carbocycles. The minimum absolute atomic E-state index is 0.774. The van der Waals surface area contributed by atoms with Crippen molar-refractivity contribution in [3.63, 3.8) is 0 Å². The van der Waals surface area contributed by atoms with Crippen LogP contribution in [0.1, 0.15) is 5.56 Å². The molecule has 0 aliphatic carbocycles. The zero-order valence-corrected chi connectivity index (χ0v) is 14.1. The van der Waals surface area contributed by atoms with Crippen molar-refractivity contribution in [2.45, 2.75) is 6.92 Å². The molecule has 0 atom stereocenters. The Bertz CT molecular complexity index is 1050. The third-order valence-electron chi connectivity index (χ3n) is 4.54. The van der Waals surface area contributed by atoms with E-state index in [1.807, 2.05) is 19.2 Å². The van der Waals surface area contributed by atoms with Gasteiger partial charge in [-0.3, -0.25) is 0 Å². The van der Waals surface area contributed by atoms with Crippen molar-refractivity contribution in [1.29, 1.82) is 0 Å². The first-order valence-corrected chi connectivity index (χ1v) is 7.99. The average molecular weight is 315 g/mol. The van der Waals surface area contributed by atoms with Gasteiger partial charge in [0, 0.05) is 30.9 Å². The lowest BCUT2D eigenvalue weighted by Gasteiger charge is -2.07. The molecule has 4 nitrogen and oxygen atoms in total. The molecule has 0 aliphatic rings. The Kier molecular flexibility index (Phi) is 3.38. The van der Waals surface area contributed by atoms with E-state index in [9.17, 15) is 0 Å². The predicted octanol–water partition coefficient (Wildman–Crippen LogP) is 3.44. The molecule has 0 saturated heterocycles. The van der Waals surface area contributed by atoms with Gasteiger partial charge in [-0.05, 0) is 36.8 Å². The number of pyridine rings is 2. The van der Waals surface area contributed by atoms with Crippen LogP contribution in [0.2, 0.25) is 0 Å². The molecule has 0 unspecified atom stereocenters. The largest absolute Gasteiger partial charge is 0.321 e. The second-order valence-corrected chi connectivity index (χ2v) is 6.01. The molecule has 3 heterocycles. The van der Waals surface area contributed by atoms with Crippen molar-refractivity contribution in [3.05, 3.63) is 66.4 Å². The maximum Gasteiger partial charge on any atom is 0.248 e. The number of nitrogens with zero attached hydrogens (tertiary/aromatic N) is 4. The van der Waals surface area contributed by atoms with Gasteiger partial charge in [0.05, 0.1) is 5.52 Å². The molecule has 24 heavy (non-hydrogen) atoms. The Morgan fingerprint density at radius 3 is 2.50 bits per heavy atom. The molecule has 1 aromatic carbocycles. The number of benzene rings is 1. The predicted molar refractivity (Wildman–Crippen MR) is 95.3 cm³/mol. The first-order valence-electron chi connectivity index (χ1n) is 7.99. The minimum Gasteiger partial charge on any atom is -0.321 e. The summed E-state index contributed by atoms with van der Waals surface area (Å²) >= 11 is 0. The summed E-state index contributed by atoms with van der Waals surface area (Å²) in [6.45, 7) is 2.14. The highest BCUT2D eigenvalue weighted by Gasteiger charge is 2.21. The maximum atomic E-state index is 4.73. The van der Waals surface area contributed by atoms with Crippen molar-refractivity contribution < 1.29 is 4.57 Å². The summed E-state index contributed by atoms with van der Waals surface area (Å²) in [5.41, 5.74) is 6.54. The van der Waals surface area contributed by atoms with Crippen molar-refractivity contribution in [2.24, 2.45) is 14.1 Å². The Balaban J connectivity index is 1.95. The van der Waals surface area contributed by atoms with Gasteiger partial charge in [0.15, 0.2) is 5.65 Å². The van der Waals surface area contributed by atoms with E-state index in [0.717, 1.165) is 22.7 Å². The summed E-state index contributed by atoms with van der Waals surface area (Å²) < 4.78 is 4.29. The van der Waals surface area contributed by atoms with Crippen LogP contribution < -0.4 is 4.57 Å². The Labute approximate surface area is 141 Å². The van der Waals surface area contributed by atoms with Crippen molar-refractivity contribution >= 4 is 11.2 Å². The number of hydrogen-bond donors (Lipinski definition) is 0. The molecule has 118 valence electrons. The van der Waals surface area contributed by atoms with Crippen LogP contribution in [0, 0.1) is 6.92 Å². The van der Waals surface area contributed by atoms with E-state index in [4.69, 9.17) is 4.98 Å². The number of aromatic nitrogens is 4. The van der Waals surface area contributed by atoms with Gasteiger partial charge in [0.25, 0.3) is 0 Å². The van der Waals surface area contributed by atoms with Gasteiger partial charge >= 0.3 is 0 Å². The highest BCUT2D eigenvalue weighted by atomic mass is 15.1. The van der Waals surface area contributed by atoms with Gasteiger partial charge in [-0.15, -0.1) is 0 Å². The quantitative estimate of drug-likeness (QED) is 0.531. The van der Waals surface area contributed by atoms with E-state index in [-0.39, 0.29) is 0 Å². The van der Waals surface area contributed by atoms with Crippen LogP contribution in [0.5, 0.6) is 0 Å². The van der Waals surface area contributed by atoms with Crippen molar-refractivity contribution in [1.82, 2.24) is 14.5 Å². The summed E-state index contributed by atoms with van der Waals surface area (Å²) in [4.78, 5) is 9.10. The molecule has 0 fully saturated rings. The molecular formula is C20H19N4+. The molecule has 0 bridgehead atoms. The lowest BCUT2D eigenvalue weighted by atomic mass is 10.0. The fraction of sp³-hybridized carbons (Fsp3) is 0.150. The molecule has 3 aromatic heterocycles. The lowest BCUT2D eigenvalue weighted by Crippen LogP contribution is -2.34. The highest BCUT2D eigenvalue weighted by molar-refractivity contribution is 5.75. The average Bonchev–Trinajstić information content (AvgIpc) is 2.93. The third-order valence-corrected chi connectivity index (χ3v) is 4.54. The van der Waals surface area contributed by atoms with E-state index >= 15 is 0 Å². The molecular weight excluding hydrogens is 296 g/mol. The fourth-order valence-corrected chi connectivity index (χ4v) is 3.19. The van der Waals surface area contributed by atoms with Crippen LogP contribution in [0.15, 0.2) is 60.8 Å². The number of aryl methyl sites for hydroxylation is 2. The second-order valence-electron chi connectivity index (χ2n) is 6.01. The molecule has 0 radical (unpaired) electrons. The van der Waals surface area contributed by atoms with Crippen LogP contribution >= 0.6 is 0 Å². The summed E-state index contributed by atoms with van der Waals surface area (Å²) in [5, 5.41) is 0. The molecule has 4 heteroatoms. The summed E-state index contributed by atoms with van der Waals surface area (Å²) in [6, 6.07) is 18.8. The highest BCUT2D eigenvalue weighted by Crippen LogP contribution is 2.24. The van der Waals surface area contributed by atoms with Crippen LogP contribution in [-0.2, 0) is 14.1 Å². The Morgan fingerprint density at radius 1 is 0.917 bits per heavy atom. The smallest absolute Gasteiger partial charge is 0.248 e. The van der Waals surface area contributed by atoms with Crippen LogP contribution in [0.4, 0.5) is 0 Å². The number of fused-ring (bicyclic) bond motifs is 1. The first-order chi connectivity index (χ1) is 11.7. The lowest BCUT2D eigenvalue weighted by molar-refractivity contribution is -0.649. The van der Waals surface area contributed by atoms with Gasteiger partial charge in [-0.1, -0.05) is 18.2 Å². The zero-order chi connectivity index (χ0) is 16.7. The molecule has 4 aromatic rings. The molecule has 0 spiro atoms. The SMILES string of the molecule is Cc1ccccc1-c1cccc(-c2nc3ncccc3n2C)[n+]1C. The van der Waals surface area contributed by atoms with Gasteiger partial charge in [-0.2, -0.15) is 4.57 Å². The molecule has 4 rings (SSSR count). The zero-order valence-electron chi connectivity index (χ0n) is 14.1. The van der Waals surface area contributed by atoms with Gasteiger partial charge in [0.2, 0.25) is 17.2 Å². The van der Waals surface area contributed by atoms with Crippen LogP contribution in [-0.4, -0.2) is 14.5 Å². The summed E-state index contributed by atoms with van der Waals surface area (Å²) in [6.07, 6.45) is 1.78. The Morgan fingerprint density at radius 2 is 1.71 bits per heavy atom. The fourth-order valence-electron chi connectivity index (χ4n) is 3.19. The standard InChI is InChI=1S/C20H19N4/c1-14-8-4-5-9-15(14)16-10-6-11-18(23(16)2)20-22-19-17(24(20)3)12-7-13-21-19/h4-13H,1-3H3/q+1. The number of hydrogen-bond acceptors (Lipinski definition) is 2. The number of rotatable bonds is 2. The van der Waals surface area contributed by atoms with Gasteiger partial charge < -0.3 is 4.57 Å². The minimum atomic E-state index is 0.774. The van der Waals surface area contributed by atoms with E-state index in [1.165, 1.54) is 16.8 Å². The molecule has 0 N–H and O–H groups in total. The Hall–Kier alpha value is -3.01. The normalized spacial score (nSPS) is 11.1. The second kappa shape index (κ2) is 5.57. The van der Waals surface area contributed by atoms with E-state index < -0.39 is 0 Å². The van der Waals surface area contributed by atoms with Crippen LogP contribution in [0.25, 0.3) is 33.9 Å². The number of imidazole rings is 1. The third kappa shape index (κ3) is 2.19. The van der Waals surface area contributed by atoms with E-state index in [1.54, 1.807) is 6.20 Å². The van der Waals surface area contributed by atoms with Gasteiger partial charge in [-0.25, -0.2) is 9.97 Å². The molecule has 0 amide bonds. The summed E-state index contributed by atoms with van der Waals surface area (Å²) in [7, 11) is 4.12. The van der Waals surface area contributed by atoms with E-state index in [2.05, 4.69) is 70.6 Å². The van der Waals surface area contributed by atoms with E-state index in [0.29, 0.717) is 0 Å². The topological polar surface area (TPSA) is 34.6 Å². The monoisotopic (exact) mass is 315 g/mol. The maximum absolute atomic E-state index is 4.73.